The average molecular weight is 1080 g/mol. The molecule has 2 aliphatic heterocycles. The lowest BCUT2D eigenvalue weighted by Gasteiger charge is -2.46. The van der Waals surface area contributed by atoms with Crippen molar-refractivity contribution in [3.05, 3.63) is 48.6 Å². The smallest absolute Gasteiger partial charge is 0.220 e. The fourth-order valence-electron chi connectivity index (χ4n) is 9.97. The molecule has 2 aliphatic rings. The molecular formula is C62H113NO13. The number of rotatable bonds is 49. The number of carbonyl (C=O) groups is 1. The third-order valence-corrected chi connectivity index (χ3v) is 15.0. The first-order valence-corrected chi connectivity index (χ1v) is 30.9. The molecule has 444 valence electrons. The van der Waals surface area contributed by atoms with Crippen molar-refractivity contribution in [3.63, 3.8) is 0 Å². The summed E-state index contributed by atoms with van der Waals surface area (Å²) in [5, 5.41) is 87.1. The molecule has 0 spiro atoms. The van der Waals surface area contributed by atoms with E-state index in [-0.39, 0.29) is 18.9 Å². The van der Waals surface area contributed by atoms with Gasteiger partial charge in [-0.15, -0.1) is 0 Å². The van der Waals surface area contributed by atoms with Gasteiger partial charge in [-0.25, -0.2) is 0 Å². The van der Waals surface area contributed by atoms with Gasteiger partial charge >= 0.3 is 0 Å². The van der Waals surface area contributed by atoms with Crippen molar-refractivity contribution in [2.45, 2.75) is 319 Å². The van der Waals surface area contributed by atoms with Gasteiger partial charge in [-0.3, -0.25) is 4.79 Å². The zero-order valence-corrected chi connectivity index (χ0v) is 47.7. The Morgan fingerprint density at radius 1 is 0.461 bits per heavy atom. The van der Waals surface area contributed by atoms with Crippen LogP contribution in [0.2, 0.25) is 0 Å². The van der Waals surface area contributed by atoms with Crippen molar-refractivity contribution in [1.82, 2.24) is 5.32 Å². The minimum absolute atomic E-state index is 0.252. The van der Waals surface area contributed by atoms with Crippen LogP contribution in [0.25, 0.3) is 0 Å². The van der Waals surface area contributed by atoms with Gasteiger partial charge in [0.2, 0.25) is 5.91 Å². The van der Waals surface area contributed by atoms with Crippen LogP contribution in [-0.2, 0) is 23.7 Å². The van der Waals surface area contributed by atoms with Gasteiger partial charge in [0, 0.05) is 6.42 Å². The first-order chi connectivity index (χ1) is 37.1. The van der Waals surface area contributed by atoms with Crippen LogP contribution in [0.1, 0.15) is 245 Å². The minimum atomic E-state index is -1.79. The highest BCUT2D eigenvalue weighted by atomic mass is 16.7. The van der Waals surface area contributed by atoms with Crippen LogP contribution in [0, 0.1) is 0 Å². The highest BCUT2D eigenvalue weighted by Gasteiger charge is 2.51. The highest BCUT2D eigenvalue weighted by molar-refractivity contribution is 5.76. The second kappa shape index (κ2) is 47.7. The van der Waals surface area contributed by atoms with E-state index in [1.54, 1.807) is 6.08 Å². The summed E-state index contributed by atoms with van der Waals surface area (Å²) in [6.45, 7) is 2.78. The van der Waals surface area contributed by atoms with Crippen molar-refractivity contribution in [3.8, 4) is 0 Å². The van der Waals surface area contributed by atoms with Gasteiger partial charge in [-0.2, -0.15) is 0 Å². The number of aliphatic hydroxyl groups is 8. The number of allylic oxidation sites excluding steroid dienone is 7. The van der Waals surface area contributed by atoms with Gasteiger partial charge in [0.05, 0.1) is 32.0 Å². The number of nitrogens with one attached hydrogen (secondary N) is 1. The summed E-state index contributed by atoms with van der Waals surface area (Å²) in [7, 11) is 0. The second-order valence-corrected chi connectivity index (χ2v) is 21.8. The van der Waals surface area contributed by atoms with Gasteiger partial charge in [-0.1, -0.05) is 217 Å². The van der Waals surface area contributed by atoms with E-state index in [0.29, 0.717) is 12.8 Å². The third kappa shape index (κ3) is 32.9. The van der Waals surface area contributed by atoms with E-state index in [4.69, 9.17) is 18.9 Å². The molecule has 9 N–H and O–H groups in total. The van der Waals surface area contributed by atoms with E-state index in [2.05, 4.69) is 55.6 Å². The maximum Gasteiger partial charge on any atom is 0.220 e. The lowest BCUT2D eigenvalue weighted by atomic mass is 9.97. The summed E-state index contributed by atoms with van der Waals surface area (Å²) >= 11 is 0. The zero-order chi connectivity index (χ0) is 55.3. The quantitative estimate of drug-likeness (QED) is 0.0204. The lowest BCUT2D eigenvalue weighted by Crippen LogP contribution is -2.65. The molecule has 14 heteroatoms. The summed E-state index contributed by atoms with van der Waals surface area (Å²) in [5.41, 5.74) is 0. The number of ether oxygens (including phenoxy) is 4. The number of carbonyl (C=O) groups excluding carboxylic acids is 1. The second-order valence-electron chi connectivity index (χ2n) is 21.8. The molecule has 2 saturated heterocycles. The Morgan fingerprint density at radius 3 is 1.29 bits per heavy atom. The standard InChI is InChI=1S/C62H113NO13/c1-3-5-7-9-11-13-15-17-19-21-22-23-24-25-26-27-28-30-32-34-36-38-40-42-44-46-54(67)63-50(51(66)45-43-41-39-37-35-33-31-29-20-18-16-14-12-10-8-6-4-2)49-73-61-59(72)57(70)60(53(48-65)75-61)76-62-58(71)56(69)55(68)52(47-64)74-62/h20-22,29,35,37,43,45,50-53,55-62,64-66,68-72H,3-19,23-28,30-34,36,38-42,44,46-49H2,1-2H3,(H,63,67)/b22-21-,29-20+,37-35+,45-43+. The first-order valence-electron chi connectivity index (χ1n) is 30.9. The molecule has 76 heavy (non-hydrogen) atoms. The fraction of sp³-hybridized carbons (Fsp3) is 0.855. The molecule has 2 heterocycles. The summed E-state index contributed by atoms with van der Waals surface area (Å²) in [6.07, 6.45) is 43.0. The topological polar surface area (TPSA) is 228 Å². The van der Waals surface area contributed by atoms with Gasteiger partial charge < -0.3 is 65.1 Å². The SMILES string of the molecule is CCCCCCCCC/C=C/CC/C=C/CC/C=C/C(O)C(COC1OC(CO)C(OC2OC(CO)C(O)C(O)C2O)C(O)C1O)NC(=O)CCCCCCCCCCCCCCC/C=C\CCCCCCCCCC. The number of hydrogen-bond donors (Lipinski definition) is 9. The van der Waals surface area contributed by atoms with Crippen LogP contribution in [0.3, 0.4) is 0 Å². The molecule has 12 unspecified atom stereocenters. The molecular weight excluding hydrogens is 967 g/mol. The van der Waals surface area contributed by atoms with Gasteiger partial charge in [0.1, 0.15) is 48.8 Å². The molecule has 0 aromatic rings. The maximum atomic E-state index is 13.3. The molecule has 0 saturated carbocycles. The number of amides is 1. The first kappa shape index (κ1) is 70.1. The molecule has 14 nitrogen and oxygen atoms in total. The largest absolute Gasteiger partial charge is 0.394 e. The summed E-state index contributed by atoms with van der Waals surface area (Å²) in [6, 6.07) is -0.938. The molecule has 2 fully saturated rings. The monoisotopic (exact) mass is 1080 g/mol. The normalized spacial score (nSPS) is 25.2. The average Bonchev–Trinajstić information content (AvgIpc) is 3.42. The third-order valence-electron chi connectivity index (χ3n) is 15.0. The minimum Gasteiger partial charge on any atom is -0.394 e. The molecule has 0 radical (unpaired) electrons. The highest BCUT2D eigenvalue weighted by Crippen LogP contribution is 2.30. The van der Waals surface area contributed by atoms with Crippen LogP contribution in [-0.4, -0.2) is 140 Å². The Balaban J connectivity index is 1.75. The molecule has 2 rings (SSSR count). The van der Waals surface area contributed by atoms with E-state index < -0.39 is 86.8 Å². The van der Waals surface area contributed by atoms with Crippen molar-refractivity contribution < 1.29 is 64.6 Å². The van der Waals surface area contributed by atoms with Crippen LogP contribution in [0.15, 0.2) is 48.6 Å². The van der Waals surface area contributed by atoms with Crippen molar-refractivity contribution in [1.29, 1.82) is 0 Å². The lowest BCUT2D eigenvalue weighted by molar-refractivity contribution is -0.359. The Bertz CT molecular complexity index is 1460. The van der Waals surface area contributed by atoms with Crippen molar-refractivity contribution in [2.24, 2.45) is 0 Å². The van der Waals surface area contributed by atoms with Crippen molar-refractivity contribution >= 4 is 5.91 Å². The van der Waals surface area contributed by atoms with Crippen LogP contribution >= 0.6 is 0 Å². The Kier molecular flexibility index (Phi) is 44.0. The van der Waals surface area contributed by atoms with Crippen LogP contribution < -0.4 is 5.32 Å². The number of aliphatic hydroxyl groups excluding tert-OH is 8. The zero-order valence-electron chi connectivity index (χ0n) is 47.7. The van der Waals surface area contributed by atoms with Crippen molar-refractivity contribution in [2.75, 3.05) is 19.8 Å². The predicted octanol–water partition coefficient (Wildman–Crippen LogP) is 10.8. The predicted molar refractivity (Wildman–Crippen MR) is 304 cm³/mol. The molecule has 12 atom stereocenters. The fourth-order valence-corrected chi connectivity index (χ4v) is 9.97. The van der Waals surface area contributed by atoms with Crippen LogP contribution in [0.4, 0.5) is 0 Å². The molecule has 0 aliphatic carbocycles. The Morgan fingerprint density at radius 2 is 0.842 bits per heavy atom. The molecule has 1 amide bonds. The van der Waals surface area contributed by atoms with E-state index >= 15 is 0 Å². The number of unbranched alkanes of at least 4 members (excludes halogenated alkanes) is 30. The molecule has 0 aromatic carbocycles. The van der Waals surface area contributed by atoms with E-state index in [0.717, 1.165) is 44.9 Å². The van der Waals surface area contributed by atoms with E-state index in [9.17, 15) is 45.6 Å². The Labute approximate surface area is 461 Å². The Hall–Kier alpha value is -2.05. The summed E-state index contributed by atoms with van der Waals surface area (Å²) in [4.78, 5) is 13.3. The van der Waals surface area contributed by atoms with E-state index in [1.807, 2.05) is 6.08 Å². The number of hydrogen-bond acceptors (Lipinski definition) is 13. The maximum absolute atomic E-state index is 13.3. The van der Waals surface area contributed by atoms with Crippen LogP contribution in [0.5, 0.6) is 0 Å². The summed E-state index contributed by atoms with van der Waals surface area (Å²) in [5.74, 6) is -0.252. The van der Waals surface area contributed by atoms with E-state index in [1.165, 1.54) is 167 Å². The van der Waals surface area contributed by atoms with Gasteiger partial charge in [-0.05, 0) is 70.6 Å². The molecule has 0 bridgehead atoms. The van der Waals surface area contributed by atoms with Gasteiger partial charge in [0.25, 0.3) is 0 Å². The van der Waals surface area contributed by atoms with Gasteiger partial charge in [0.15, 0.2) is 12.6 Å². The molecule has 0 aromatic heterocycles. The summed E-state index contributed by atoms with van der Waals surface area (Å²) < 4.78 is 22.8.